The van der Waals surface area contributed by atoms with E-state index in [1.807, 2.05) is 7.05 Å². The first-order valence-electron chi connectivity index (χ1n) is 7.98. The topological polar surface area (TPSA) is 69.6 Å². The highest BCUT2D eigenvalue weighted by Gasteiger charge is 2.30. The van der Waals surface area contributed by atoms with E-state index in [0.29, 0.717) is 6.54 Å². The SMILES string of the molecule is CN(C(=O)CNCC1CCCCC1C(=O)O)C1=CCCC1. The maximum absolute atomic E-state index is 12.1. The fraction of sp³-hybridized carbons (Fsp3) is 0.750. The number of carboxylic acid groups (broad SMARTS) is 1. The summed E-state index contributed by atoms with van der Waals surface area (Å²) in [5.41, 5.74) is 1.11. The summed E-state index contributed by atoms with van der Waals surface area (Å²) in [4.78, 5) is 25.1. The highest BCUT2D eigenvalue weighted by atomic mass is 16.4. The summed E-state index contributed by atoms with van der Waals surface area (Å²) >= 11 is 0. The minimum absolute atomic E-state index is 0.0610. The van der Waals surface area contributed by atoms with Crippen molar-refractivity contribution in [3.05, 3.63) is 11.8 Å². The van der Waals surface area contributed by atoms with E-state index < -0.39 is 5.97 Å². The van der Waals surface area contributed by atoms with Crippen LogP contribution in [0.3, 0.4) is 0 Å². The predicted octanol–water partition coefficient (Wildman–Crippen LogP) is 1.99. The molecule has 2 aliphatic rings. The molecule has 1 amide bonds. The number of aliphatic carboxylic acids is 1. The lowest BCUT2D eigenvalue weighted by molar-refractivity contribution is -0.144. The van der Waals surface area contributed by atoms with Crippen LogP contribution in [0.2, 0.25) is 0 Å². The van der Waals surface area contributed by atoms with Gasteiger partial charge in [0.1, 0.15) is 0 Å². The second-order valence-corrected chi connectivity index (χ2v) is 6.16. The number of carboxylic acids is 1. The van der Waals surface area contributed by atoms with Gasteiger partial charge in [-0.25, -0.2) is 0 Å². The summed E-state index contributed by atoms with van der Waals surface area (Å²) in [5, 5.41) is 12.4. The van der Waals surface area contributed by atoms with Crippen LogP contribution in [0.1, 0.15) is 44.9 Å². The molecule has 21 heavy (non-hydrogen) atoms. The van der Waals surface area contributed by atoms with Crippen molar-refractivity contribution < 1.29 is 14.7 Å². The molecule has 0 saturated heterocycles. The van der Waals surface area contributed by atoms with Crippen LogP contribution in [0, 0.1) is 11.8 Å². The smallest absolute Gasteiger partial charge is 0.306 e. The number of amides is 1. The summed E-state index contributed by atoms with van der Waals surface area (Å²) in [6.45, 7) is 0.909. The number of hydrogen-bond donors (Lipinski definition) is 2. The number of rotatable bonds is 6. The van der Waals surface area contributed by atoms with Crippen molar-refractivity contribution in [3.63, 3.8) is 0 Å². The minimum Gasteiger partial charge on any atom is -0.481 e. The number of allylic oxidation sites excluding steroid dienone is 2. The fourth-order valence-corrected chi connectivity index (χ4v) is 3.38. The quantitative estimate of drug-likeness (QED) is 0.786. The maximum Gasteiger partial charge on any atom is 0.306 e. The second-order valence-electron chi connectivity index (χ2n) is 6.16. The number of carbonyl (C=O) groups is 2. The summed E-state index contributed by atoms with van der Waals surface area (Å²) in [5.74, 6) is -0.733. The Hall–Kier alpha value is -1.36. The monoisotopic (exact) mass is 294 g/mol. The van der Waals surface area contributed by atoms with Crippen molar-refractivity contribution >= 4 is 11.9 Å². The molecular weight excluding hydrogens is 268 g/mol. The van der Waals surface area contributed by atoms with E-state index in [1.54, 1.807) is 4.90 Å². The average Bonchev–Trinajstić information content (AvgIpc) is 3.00. The molecule has 1 fully saturated rings. The number of nitrogens with zero attached hydrogens (tertiary/aromatic N) is 1. The van der Waals surface area contributed by atoms with Gasteiger partial charge in [-0.15, -0.1) is 0 Å². The van der Waals surface area contributed by atoms with Crippen molar-refractivity contribution in [3.8, 4) is 0 Å². The molecule has 0 heterocycles. The van der Waals surface area contributed by atoms with E-state index in [-0.39, 0.29) is 24.3 Å². The Morgan fingerprint density at radius 1 is 1.33 bits per heavy atom. The highest BCUT2D eigenvalue weighted by molar-refractivity contribution is 5.79. The molecule has 2 aliphatic carbocycles. The molecule has 5 heteroatoms. The first-order valence-corrected chi connectivity index (χ1v) is 7.98. The largest absolute Gasteiger partial charge is 0.481 e. The Bertz CT molecular complexity index is 420. The molecule has 0 aromatic rings. The maximum atomic E-state index is 12.1. The normalized spacial score (nSPS) is 25.5. The van der Waals surface area contributed by atoms with E-state index in [0.717, 1.165) is 50.6 Å². The third-order valence-electron chi connectivity index (χ3n) is 4.73. The molecular formula is C16H26N2O3. The molecule has 5 nitrogen and oxygen atoms in total. The number of hydrogen-bond acceptors (Lipinski definition) is 3. The fourth-order valence-electron chi connectivity index (χ4n) is 3.38. The highest BCUT2D eigenvalue weighted by Crippen LogP contribution is 2.29. The van der Waals surface area contributed by atoms with Crippen LogP contribution in [-0.4, -0.2) is 42.0 Å². The van der Waals surface area contributed by atoms with E-state index in [4.69, 9.17) is 0 Å². The Morgan fingerprint density at radius 2 is 2.10 bits per heavy atom. The zero-order valence-electron chi connectivity index (χ0n) is 12.8. The molecule has 2 rings (SSSR count). The minimum atomic E-state index is -0.693. The number of likely N-dealkylation sites (N-methyl/N-ethyl adjacent to an activating group) is 1. The van der Waals surface area contributed by atoms with Crippen molar-refractivity contribution in [2.24, 2.45) is 11.8 Å². The molecule has 2 atom stereocenters. The van der Waals surface area contributed by atoms with Gasteiger partial charge in [-0.3, -0.25) is 9.59 Å². The molecule has 0 bridgehead atoms. The van der Waals surface area contributed by atoms with Crippen molar-refractivity contribution in [1.29, 1.82) is 0 Å². The van der Waals surface area contributed by atoms with Gasteiger partial charge in [0.25, 0.3) is 0 Å². The second kappa shape index (κ2) is 7.59. The van der Waals surface area contributed by atoms with Gasteiger partial charge in [0.15, 0.2) is 0 Å². The van der Waals surface area contributed by atoms with Gasteiger partial charge in [-0.2, -0.15) is 0 Å². The van der Waals surface area contributed by atoms with Crippen LogP contribution in [0.15, 0.2) is 11.8 Å². The van der Waals surface area contributed by atoms with Crippen molar-refractivity contribution in [2.75, 3.05) is 20.1 Å². The van der Waals surface area contributed by atoms with Crippen LogP contribution in [0.4, 0.5) is 0 Å². The zero-order chi connectivity index (χ0) is 15.2. The molecule has 0 spiro atoms. The molecule has 118 valence electrons. The van der Waals surface area contributed by atoms with Gasteiger partial charge >= 0.3 is 5.97 Å². The molecule has 1 saturated carbocycles. The molecule has 0 aromatic carbocycles. The number of nitrogens with one attached hydrogen (secondary N) is 1. The van der Waals surface area contributed by atoms with Crippen LogP contribution >= 0.6 is 0 Å². The molecule has 0 aliphatic heterocycles. The lowest BCUT2D eigenvalue weighted by Gasteiger charge is -2.29. The Kier molecular flexibility index (Phi) is 5.79. The molecule has 2 N–H and O–H groups in total. The lowest BCUT2D eigenvalue weighted by Crippen LogP contribution is -2.40. The predicted molar refractivity (Wildman–Crippen MR) is 80.7 cm³/mol. The average molecular weight is 294 g/mol. The molecule has 0 radical (unpaired) electrons. The summed E-state index contributed by atoms with van der Waals surface area (Å²) in [6.07, 6.45) is 9.10. The van der Waals surface area contributed by atoms with E-state index in [2.05, 4.69) is 11.4 Å². The zero-order valence-corrected chi connectivity index (χ0v) is 12.8. The Balaban J connectivity index is 1.75. The van der Waals surface area contributed by atoms with Crippen molar-refractivity contribution in [2.45, 2.75) is 44.9 Å². The van der Waals surface area contributed by atoms with Crippen LogP contribution < -0.4 is 5.32 Å². The first-order chi connectivity index (χ1) is 10.1. The third-order valence-corrected chi connectivity index (χ3v) is 4.73. The van der Waals surface area contributed by atoms with E-state index >= 15 is 0 Å². The lowest BCUT2D eigenvalue weighted by atomic mass is 9.79. The van der Waals surface area contributed by atoms with Gasteiger partial charge in [-0.05, 0) is 44.6 Å². The van der Waals surface area contributed by atoms with Crippen LogP contribution in [0.25, 0.3) is 0 Å². The van der Waals surface area contributed by atoms with Gasteiger partial charge in [0.05, 0.1) is 12.5 Å². The summed E-state index contributed by atoms with van der Waals surface area (Å²) < 4.78 is 0. The summed E-state index contributed by atoms with van der Waals surface area (Å²) in [7, 11) is 1.82. The Labute approximate surface area is 126 Å². The van der Waals surface area contributed by atoms with E-state index in [9.17, 15) is 14.7 Å². The van der Waals surface area contributed by atoms with Crippen LogP contribution in [0.5, 0.6) is 0 Å². The van der Waals surface area contributed by atoms with Gasteiger partial charge in [-0.1, -0.05) is 18.9 Å². The van der Waals surface area contributed by atoms with Gasteiger partial charge in [0, 0.05) is 12.7 Å². The number of carbonyl (C=O) groups excluding carboxylic acids is 1. The van der Waals surface area contributed by atoms with Crippen molar-refractivity contribution in [1.82, 2.24) is 10.2 Å². The van der Waals surface area contributed by atoms with E-state index in [1.165, 1.54) is 0 Å². The Morgan fingerprint density at radius 3 is 2.76 bits per heavy atom. The van der Waals surface area contributed by atoms with Gasteiger partial charge < -0.3 is 15.3 Å². The van der Waals surface area contributed by atoms with Gasteiger partial charge in [0.2, 0.25) is 5.91 Å². The standard InChI is InChI=1S/C16H26N2O3/c1-18(13-7-3-4-8-13)15(19)11-17-10-12-6-2-5-9-14(12)16(20)21/h7,12,14,17H,2-6,8-11H2,1H3,(H,20,21). The molecule has 0 aromatic heterocycles. The third kappa shape index (κ3) is 4.30. The summed E-state index contributed by atoms with van der Waals surface area (Å²) in [6, 6.07) is 0. The van der Waals surface area contributed by atoms with Crippen LogP contribution in [-0.2, 0) is 9.59 Å². The molecule has 2 unspecified atom stereocenters. The first kappa shape index (κ1) is 16.0.